The maximum Gasteiger partial charge on any atom is 0.251 e. The van der Waals surface area contributed by atoms with E-state index in [1.165, 1.54) is 24.0 Å². The Kier molecular flexibility index (Phi) is 7.03. The van der Waals surface area contributed by atoms with Crippen molar-refractivity contribution in [2.75, 3.05) is 19.6 Å². The Labute approximate surface area is 156 Å². The molecule has 4 heteroatoms. The zero-order valence-electron chi connectivity index (χ0n) is 15.0. The number of carbonyl (C=O) groups excluding carboxylic acids is 1. The quantitative estimate of drug-likeness (QED) is 0.864. The van der Waals surface area contributed by atoms with Crippen LogP contribution in [0.3, 0.4) is 0 Å². The van der Waals surface area contributed by atoms with Gasteiger partial charge < -0.3 is 5.32 Å². The van der Waals surface area contributed by atoms with Crippen molar-refractivity contribution in [1.82, 2.24) is 10.2 Å². The second-order valence-electron chi connectivity index (χ2n) is 6.69. The highest BCUT2D eigenvalue weighted by Gasteiger charge is 2.24. The summed E-state index contributed by atoms with van der Waals surface area (Å²) in [5, 5.41) is 3.15. The van der Waals surface area contributed by atoms with E-state index in [4.69, 9.17) is 0 Å². The first kappa shape index (κ1) is 19.5. The van der Waals surface area contributed by atoms with Gasteiger partial charge >= 0.3 is 0 Å². The molecule has 2 aromatic rings. The molecule has 2 aromatic carbocycles. The van der Waals surface area contributed by atoms with Crippen LogP contribution in [0, 0.1) is 13.8 Å². The summed E-state index contributed by atoms with van der Waals surface area (Å²) in [5.41, 5.74) is 4.33. The van der Waals surface area contributed by atoms with Gasteiger partial charge in [0.15, 0.2) is 0 Å². The van der Waals surface area contributed by atoms with Crippen LogP contribution in [0.2, 0.25) is 0 Å². The van der Waals surface area contributed by atoms with Gasteiger partial charge in [0.1, 0.15) is 0 Å². The smallest absolute Gasteiger partial charge is 0.251 e. The predicted molar refractivity (Wildman–Crippen MR) is 105 cm³/mol. The number of hydrogen-bond acceptors (Lipinski definition) is 2. The van der Waals surface area contributed by atoms with Crippen LogP contribution in [0.15, 0.2) is 48.5 Å². The molecule has 25 heavy (non-hydrogen) atoms. The lowest BCUT2D eigenvalue weighted by molar-refractivity contribution is 0.0937. The van der Waals surface area contributed by atoms with Gasteiger partial charge in [-0.3, -0.25) is 9.69 Å². The molecule has 1 amide bonds. The van der Waals surface area contributed by atoms with Crippen LogP contribution in [0.25, 0.3) is 0 Å². The van der Waals surface area contributed by atoms with Gasteiger partial charge in [-0.25, -0.2) is 0 Å². The topological polar surface area (TPSA) is 32.3 Å². The van der Waals surface area contributed by atoms with E-state index in [-0.39, 0.29) is 24.4 Å². The molecule has 1 fully saturated rings. The zero-order valence-corrected chi connectivity index (χ0v) is 15.8. The first-order chi connectivity index (χ1) is 11.6. The van der Waals surface area contributed by atoms with E-state index in [0.29, 0.717) is 6.54 Å². The highest BCUT2D eigenvalue weighted by Crippen LogP contribution is 2.25. The number of carbonyl (C=O) groups is 1. The van der Waals surface area contributed by atoms with E-state index < -0.39 is 0 Å². The Morgan fingerprint density at radius 1 is 1.04 bits per heavy atom. The average Bonchev–Trinajstić information content (AvgIpc) is 3.11. The van der Waals surface area contributed by atoms with Crippen LogP contribution in [0.5, 0.6) is 0 Å². The molecule has 134 valence electrons. The summed E-state index contributed by atoms with van der Waals surface area (Å²) in [6.07, 6.45) is 2.49. The van der Waals surface area contributed by atoms with E-state index >= 15 is 0 Å². The summed E-state index contributed by atoms with van der Waals surface area (Å²) in [6.45, 7) is 6.95. The van der Waals surface area contributed by atoms with Gasteiger partial charge in [-0.2, -0.15) is 0 Å². The Balaban J connectivity index is 0.00000225. The van der Waals surface area contributed by atoms with Crippen molar-refractivity contribution in [2.45, 2.75) is 32.7 Å². The van der Waals surface area contributed by atoms with Gasteiger partial charge in [0.2, 0.25) is 0 Å². The molecule has 3 nitrogen and oxygen atoms in total. The third-order valence-corrected chi connectivity index (χ3v) is 4.89. The molecule has 1 aliphatic heterocycles. The normalized spacial score (nSPS) is 15.4. The lowest BCUT2D eigenvalue weighted by Crippen LogP contribution is -2.37. The number of nitrogens with one attached hydrogen (secondary N) is 1. The highest BCUT2D eigenvalue weighted by molar-refractivity contribution is 5.95. The van der Waals surface area contributed by atoms with Crippen molar-refractivity contribution in [3.05, 3.63) is 70.8 Å². The maximum atomic E-state index is 12.5. The molecule has 1 saturated heterocycles. The molecule has 1 heterocycles. The Morgan fingerprint density at radius 3 is 2.32 bits per heavy atom. The average molecular weight is 359 g/mol. The second kappa shape index (κ2) is 9.02. The van der Waals surface area contributed by atoms with Crippen molar-refractivity contribution >= 4 is 18.3 Å². The largest absolute Gasteiger partial charge is 0.350 e. The fourth-order valence-corrected chi connectivity index (χ4v) is 3.41. The van der Waals surface area contributed by atoms with E-state index in [1.807, 2.05) is 31.2 Å². The molecule has 0 radical (unpaired) electrons. The van der Waals surface area contributed by atoms with E-state index in [2.05, 4.69) is 41.4 Å². The SMILES string of the molecule is Cc1ccc(C(CNC(=O)c2ccccc2C)N2CCCC2)cc1.Cl. The maximum absolute atomic E-state index is 12.5. The molecule has 0 aromatic heterocycles. The van der Waals surface area contributed by atoms with E-state index in [1.54, 1.807) is 0 Å². The summed E-state index contributed by atoms with van der Waals surface area (Å²) in [6, 6.07) is 16.7. The third-order valence-electron chi connectivity index (χ3n) is 4.89. The third kappa shape index (κ3) is 4.83. The number of aryl methyl sites for hydroxylation is 2. The van der Waals surface area contributed by atoms with Gasteiger partial charge in [0.25, 0.3) is 5.91 Å². The number of benzene rings is 2. The highest BCUT2D eigenvalue weighted by atomic mass is 35.5. The number of likely N-dealkylation sites (tertiary alicyclic amines) is 1. The number of nitrogens with zero attached hydrogens (tertiary/aromatic N) is 1. The molecular formula is C21H27ClN2O. The second-order valence-corrected chi connectivity index (χ2v) is 6.69. The lowest BCUT2D eigenvalue weighted by Gasteiger charge is -2.28. The Morgan fingerprint density at radius 2 is 1.68 bits per heavy atom. The van der Waals surface area contributed by atoms with E-state index in [0.717, 1.165) is 24.2 Å². The molecule has 1 N–H and O–H groups in total. The van der Waals surface area contributed by atoms with Crippen LogP contribution < -0.4 is 5.32 Å². The molecule has 0 spiro atoms. The minimum absolute atomic E-state index is 0. The molecule has 1 unspecified atom stereocenters. The minimum Gasteiger partial charge on any atom is -0.350 e. The number of amides is 1. The van der Waals surface area contributed by atoms with Gasteiger partial charge in [-0.05, 0) is 57.0 Å². The van der Waals surface area contributed by atoms with Crippen LogP contribution >= 0.6 is 12.4 Å². The summed E-state index contributed by atoms with van der Waals surface area (Å²) in [7, 11) is 0. The fraction of sp³-hybridized carbons (Fsp3) is 0.381. The number of rotatable bonds is 5. The molecule has 0 bridgehead atoms. The summed E-state index contributed by atoms with van der Waals surface area (Å²) in [5.74, 6) is 0.0180. The summed E-state index contributed by atoms with van der Waals surface area (Å²) in [4.78, 5) is 15.0. The first-order valence-electron chi connectivity index (χ1n) is 8.79. The number of hydrogen-bond donors (Lipinski definition) is 1. The van der Waals surface area contributed by atoms with Crippen molar-refractivity contribution < 1.29 is 4.79 Å². The number of halogens is 1. The summed E-state index contributed by atoms with van der Waals surface area (Å²) >= 11 is 0. The standard InChI is InChI=1S/C21H26N2O.ClH/c1-16-9-11-18(12-10-16)20(23-13-5-6-14-23)15-22-21(24)19-8-4-3-7-17(19)2;/h3-4,7-12,20H,5-6,13-15H2,1-2H3,(H,22,24);1H. The first-order valence-corrected chi connectivity index (χ1v) is 8.79. The monoisotopic (exact) mass is 358 g/mol. The van der Waals surface area contributed by atoms with Crippen molar-refractivity contribution in [3.63, 3.8) is 0 Å². The molecular weight excluding hydrogens is 332 g/mol. The predicted octanol–water partition coefficient (Wildman–Crippen LogP) is 4.29. The van der Waals surface area contributed by atoms with Crippen LogP contribution in [-0.4, -0.2) is 30.4 Å². The zero-order chi connectivity index (χ0) is 16.9. The molecule has 1 atom stereocenters. The minimum atomic E-state index is 0. The van der Waals surface area contributed by atoms with Gasteiger partial charge in [0, 0.05) is 12.1 Å². The van der Waals surface area contributed by atoms with Gasteiger partial charge in [0.05, 0.1) is 6.04 Å². The van der Waals surface area contributed by atoms with E-state index in [9.17, 15) is 4.79 Å². The Hall–Kier alpha value is -1.84. The fourth-order valence-electron chi connectivity index (χ4n) is 3.41. The van der Waals surface area contributed by atoms with Crippen LogP contribution in [-0.2, 0) is 0 Å². The van der Waals surface area contributed by atoms with Crippen molar-refractivity contribution in [3.8, 4) is 0 Å². The molecule has 0 saturated carbocycles. The molecule has 0 aliphatic carbocycles. The van der Waals surface area contributed by atoms with Crippen LogP contribution in [0.1, 0.15) is 45.9 Å². The lowest BCUT2D eigenvalue weighted by atomic mass is 10.0. The summed E-state index contributed by atoms with van der Waals surface area (Å²) < 4.78 is 0. The van der Waals surface area contributed by atoms with Gasteiger partial charge in [-0.15, -0.1) is 12.4 Å². The van der Waals surface area contributed by atoms with Crippen molar-refractivity contribution in [2.24, 2.45) is 0 Å². The van der Waals surface area contributed by atoms with Crippen molar-refractivity contribution in [1.29, 1.82) is 0 Å². The Bertz CT molecular complexity index is 693. The van der Waals surface area contributed by atoms with Gasteiger partial charge in [-0.1, -0.05) is 48.0 Å². The molecule has 3 rings (SSSR count). The van der Waals surface area contributed by atoms with Crippen LogP contribution in [0.4, 0.5) is 0 Å². The molecule has 1 aliphatic rings.